The van der Waals surface area contributed by atoms with E-state index in [2.05, 4.69) is 21.2 Å². The highest BCUT2D eigenvalue weighted by Gasteiger charge is 2.22. The molecule has 94 valence electrons. The molecule has 1 aromatic carbocycles. The number of benzene rings is 1. The lowest BCUT2D eigenvalue weighted by Gasteiger charge is -2.25. The third kappa shape index (κ3) is 3.80. The minimum atomic E-state index is -0.516. The Hall–Kier alpha value is -0.900. The zero-order chi connectivity index (χ0) is 13.1. The van der Waals surface area contributed by atoms with E-state index in [1.165, 1.54) is 6.07 Å². The number of hydrogen-bond acceptors (Lipinski definition) is 1. The fourth-order valence-electron chi connectivity index (χ4n) is 1.74. The fourth-order valence-corrected chi connectivity index (χ4v) is 2.11. The zero-order valence-corrected chi connectivity index (χ0v) is 11.9. The van der Waals surface area contributed by atoms with Gasteiger partial charge in [0.1, 0.15) is 5.82 Å². The number of carbonyl (C=O) groups is 1. The lowest BCUT2D eigenvalue weighted by molar-refractivity contribution is 0.0904. The zero-order valence-electron chi connectivity index (χ0n) is 10.3. The second-order valence-electron chi connectivity index (χ2n) is 4.69. The van der Waals surface area contributed by atoms with Crippen molar-refractivity contribution in [3.05, 3.63) is 34.1 Å². The molecule has 2 nitrogen and oxygen atoms in total. The summed E-state index contributed by atoms with van der Waals surface area (Å²) in [5.74, 6) is -0.889. The van der Waals surface area contributed by atoms with E-state index in [9.17, 15) is 9.18 Å². The molecular formula is C13H17BrFNO. The molecule has 0 spiro atoms. The molecule has 0 aliphatic heterocycles. The van der Waals surface area contributed by atoms with E-state index in [0.717, 1.165) is 12.8 Å². The molecule has 0 saturated heterocycles. The molecule has 4 heteroatoms. The van der Waals surface area contributed by atoms with Gasteiger partial charge in [0.25, 0.3) is 5.91 Å². The minimum absolute atomic E-state index is 0.0727. The highest BCUT2D eigenvalue weighted by molar-refractivity contribution is 9.10. The normalized spacial score (nSPS) is 11.4. The van der Waals surface area contributed by atoms with Crippen LogP contribution in [0.25, 0.3) is 0 Å². The van der Waals surface area contributed by atoms with Crippen LogP contribution in [0, 0.1) is 5.82 Å². The van der Waals surface area contributed by atoms with Crippen LogP contribution in [0.3, 0.4) is 0 Å². The summed E-state index contributed by atoms with van der Waals surface area (Å²) in [7, 11) is 0. The first-order valence-electron chi connectivity index (χ1n) is 5.64. The number of nitrogens with one attached hydrogen (secondary N) is 1. The molecule has 1 aromatic rings. The summed E-state index contributed by atoms with van der Waals surface area (Å²) in [4.78, 5) is 11.9. The van der Waals surface area contributed by atoms with Crippen molar-refractivity contribution in [1.29, 1.82) is 0 Å². The molecule has 1 rings (SSSR count). The molecule has 0 atom stereocenters. The standard InChI is InChI=1S/C13H17BrFNO/c1-4-8-13(2,3)16-12(17)9-6-5-7-10(14)11(9)15/h5-7H,4,8H2,1-3H3,(H,16,17). The number of rotatable bonds is 4. The van der Waals surface area contributed by atoms with Crippen molar-refractivity contribution in [1.82, 2.24) is 5.32 Å². The van der Waals surface area contributed by atoms with Crippen LogP contribution in [0.4, 0.5) is 4.39 Å². The van der Waals surface area contributed by atoms with E-state index >= 15 is 0 Å². The second kappa shape index (κ2) is 5.63. The quantitative estimate of drug-likeness (QED) is 0.898. The Morgan fingerprint density at radius 1 is 1.47 bits per heavy atom. The van der Waals surface area contributed by atoms with Gasteiger partial charge in [-0.25, -0.2) is 4.39 Å². The predicted octanol–water partition coefficient (Wildman–Crippen LogP) is 3.90. The minimum Gasteiger partial charge on any atom is -0.347 e. The van der Waals surface area contributed by atoms with Gasteiger partial charge in [-0.05, 0) is 48.3 Å². The maximum atomic E-state index is 13.7. The van der Waals surface area contributed by atoms with E-state index in [-0.39, 0.29) is 17.0 Å². The molecule has 0 fully saturated rings. The molecular weight excluding hydrogens is 285 g/mol. The molecule has 0 aromatic heterocycles. The molecule has 0 saturated carbocycles. The highest BCUT2D eigenvalue weighted by Crippen LogP contribution is 2.20. The summed E-state index contributed by atoms with van der Waals surface area (Å²) >= 11 is 3.07. The molecule has 0 aliphatic rings. The van der Waals surface area contributed by atoms with Crippen LogP contribution in [-0.4, -0.2) is 11.4 Å². The first-order valence-corrected chi connectivity index (χ1v) is 6.43. The summed E-state index contributed by atoms with van der Waals surface area (Å²) < 4.78 is 14.0. The highest BCUT2D eigenvalue weighted by atomic mass is 79.9. The molecule has 0 aliphatic carbocycles. The summed E-state index contributed by atoms with van der Waals surface area (Å²) in [5, 5.41) is 2.84. The molecule has 1 N–H and O–H groups in total. The Balaban J connectivity index is 2.87. The lowest BCUT2D eigenvalue weighted by Crippen LogP contribution is -2.43. The van der Waals surface area contributed by atoms with Crippen molar-refractivity contribution in [2.24, 2.45) is 0 Å². The van der Waals surface area contributed by atoms with E-state index in [0.29, 0.717) is 4.47 Å². The van der Waals surface area contributed by atoms with Gasteiger partial charge in [-0.1, -0.05) is 19.4 Å². The number of carbonyl (C=O) groups excluding carboxylic acids is 1. The Bertz CT molecular complexity index is 418. The van der Waals surface area contributed by atoms with E-state index in [1.54, 1.807) is 12.1 Å². The van der Waals surface area contributed by atoms with Crippen LogP contribution in [0.15, 0.2) is 22.7 Å². The first kappa shape index (κ1) is 14.2. The summed E-state index contributed by atoms with van der Waals surface area (Å²) in [6.07, 6.45) is 1.82. The van der Waals surface area contributed by atoms with Gasteiger partial charge >= 0.3 is 0 Å². The van der Waals surface area contributed by atoms with E-state index < -0.39 is 5.82 Å². The van der Waals surface area contributed by atoms with Crippen LogP contribution in [0.5, 0.6) is 0 Å². The van der Waals surface area contributed by atoms with E-state index in [4.69, 9.17) is 0 Å². The summed E-state index contributed by atoms with van der Waals surface area (Å²) in [5.41, 5.74) is -0.246. The smallest absolute Gasteiger partial charge is 0.254 e. The van der Waals surface area contributed by atoms with Crippen molar-refractivity contribution < 1.29 is 9.18 Å². The Kier molecular flexibility index (Phi) is 4.69. The fraction of sp³-hybridized carbons (Fsp3) is 0.462. The molecule has 0 unspecified atom stereocenters. The van der Waals surface area contributed by atoms with Gasteiger partial charge in [-0.3, -0.25) is 4.79 Å². The SMILES string of the molecule is CCCC(C)(C)NC(=O)c1cccc(Br)c1F. The van der Waals surface area contributed by atoms with Gasteiger partial charge in [0.2, 0.25) is 0 Å². The van der Waals surface area contributed by atoms with Crippen LogP contribution >= 0.6 is 15.9 Å². The van der Waals surface area contributed by atoms with Crippen molar-refractivity contribution in [2.45, 2.75) is 39.2 Å². The number of hydrogen-bond donors (Lipinski definition) is 1. The van der Waals surface area contributed by atoms with Crippen molar-refractivity contribution in [3.8, 4) is 0 Å². The lowest BCUT2D eigenvalue weighted by atomic mass is 9.98. The van der Waals surface area contributed by atoms with Crippen molar-refractivity contribution in [3.63, 3.8) is 0 Å². The van der Waals surface area contributed by atoms with Crippen molar-refractivity contribution in [2.75, 3.05) is 0 Å². The average Bonchev–Trinajstić information content (AvgIpc) is 2.21. The third-order valence-corrected chi connectivity index (χ3v) is 3.14. The van der Waals surface area contributed by atoms with Gasteiger partial charge in [-0.15, -0.1) is 0 Å². The van der Waals surface area contributed by atoms with Gasteiger partial charge < -0.3 is 5.32 Å². The van der Waals surface area contributed by atoms with Crippen LogP contribution in [0.2, 0.25) is 0 Å². The first-order chi connectivity index (χ1) is 7.87. The second-order valence-corrected chi connectivity index (χ2v) is 5.54. The van der Waals surface area contributed by atoms with Gasteiger partial charge in [0.05, 0.1) is 10.0 Å². The van der Waals surface area contributed by atoms with Crippen LogP contribution < -0.4 is 5.32 Å². The average molecular weight is 302 g/mol. The molecule has 0 bridgehead atoms. The van der Waals surface area contributed by atoms with Crippen molar-refractivity contribution >= 4 is 21.8 Å². The number of amides is 1. The third-order valence-electron chi connectivity index (χ3n) is 2.52. The Morgan fingerprint density at radius 2 is 2.12 bits per heavy atom. The number of halogens is 2. The largest absolute Gasteiger partial charge is 0.347 e. The monoisotopic (exact) mass is 301 g/mol. The predicted molar refractivity (Wildman–Crippen MR) is 70.6 cm³/mol. The topological polar surface area (TPSA) is 29.1 Å². The summed E-state index contributed by atoms with van der Waals surface area (Å²) in [6, 6.07) is 4.70. The molecule has 0 radical (unpaired) electrons. The van der Waals surface area contributed by atoms with Gasteiger partial charge in [-0.2, -0.15) is 0 Å². The van der Waals surface area contributed by atoms with Crippen LogP contribution in [0.1, 0.15) is 44.0 Å². The summed E-state index contributed by atoms with van der Waals surface area (Å²) in [6.45, 7) is 5.92. The maximum absolute atomic E-state index is 13.7. The van der Waals surface area contributed by atoms with Crippen LogP contribution in [-0.2, 0) is 0 Å². The Morgan fingerprint density at radius 3 is 2.71 bits per heavy atom. The maximum Gasteiger partial charge on any atom is 0.254 e. The van der Waals surface area contributed by atoms with Gasteiger partial charge in [0, 0.05) is 5.54 Å². The molecule has 17 heavy (non-hydrogen) atoms. The van der Waals surface area contributed by atoms with E-state index in [1.807, 2.05) is 20.8 Å². The molecule has 0 heterocycles. The Labute approximate surface area is 110 Å². The molecule has 1 amide bonds. The van der Waals surface area contributed by atoms with Gasteiger partial charge in [0.15, 0.2) is 0 Å².